The van der Waals surface area contributed by atoms with E-state index in [9.17, 15) is 18.0 Å². The molecule has 0 spiro atoms. The van der Waals surface area contributed by atoms with Gasteiger partial charge in [0.25, 0.3) is 0 Å². The van der Waals surface area contributed by atoms with Crippen LogP contribution in [-0.2, 0) is 6.18 Å². The van der Waals surface area contributed by atoms with Gasteiger partial charge in [0.05, 0.1) is 11.6 Å². The molecule has 1 aliphatic rings. The van der Waals surface area contributed by atoms with Crippen molar-refractivity contribution in [3.8, 4) is 0 Å². The summed E-state index contributed by atoms with van der Waals surface area (Å²) >= 11 is 0. The van der Waals surface area contributed by atoms with Crippen LogP contribution in [0.3, 0.4) is 0 Å². The normalized spacial score (nSPS) is 18.1. The van der Waals surface area contributed by atoms with Crippen molar-refractivity contribution in [3.05, 3.63) is 59.7 Å². The van der Waals surface area contributed by atoms with E-state index in [4.69, 9.17) is 0 Å². The summed E-state index contributed by atoms with van der Waals surface area (Å²) in [5, 5.41) is 0. The molecule has 3 nitrogen and oxygen atoms in total. The number of benzene rings is 2. The van der Waals surface area contributed by atoms with E-state index in [1.54, 1.807) is 11.0 Å². The molecule has 1 heterocycles. The average Bonchev–Trinajstić information content (AvgIpc) is 2.91. The van der Waals surface area contributed by atoms with Crippen LogP contribution >= 0.6 is 0 Å². The third-order valence-corrected chi connectivity index (χ3v) is 4.53. The summed E-state index contributed by atoms with van der Waals surface area (Å²) in [6.45, 7) is 4.26. The Hall–Kier alpha value is -2.50. The van der Waals surface area contributed by atoms with Gasteiger partial charge in [-0.1, -0.05) is 31.2 Å². The number of alkyl halides is 3. The van der Waals surface area contributed by atoms with Gasteiger partial charge in [-0.25, -0.2) is 4.79 Å². The Bertz CT molecular complexity index is 788. The van der Waals surface area contributed by atoms with Crippen LogP contribution in [0.2, 0.25) is 0 Å². The summed E-state index contributed by atoms with van der Waals surface area (Å²) in [6.07, 6.45) is -3.71. The smallest absolute Gasteiger partial charge is 0.292 e. The van der Waals surface area contributed by atoms with Gasteiger partial charge in [0, 0.05) is 17.9 Å². The Kier molecular flexibility index (Phi) is 4.45. The lowest BCUT2D eigenvalue weighted by atomic mass is 10.1. The minimum Gasteiger partial charge on any atom is -0.292 e. The first-order valence-electron chi connectivity index (χ1n) is 8.16. The van der Waals surface area contributed by atoms with Crippen molar-refractivity contribution in [1.82, 2.24) is 0 Å². The highest BCUT2D eigenvalue weighted by Gasteiger charge is 2.39. The Labute approximate surface area is 144 Å². The van der Waals surface area contributed by atoms with Crippen LogP contribution < -0.4 is 9.80 Å². The number of aryl methyl sites for hydroxylation is 1. The quantitative estimate of drug-likeness (QED) is 0.744. The Morgan fingerprint density at radius 1 is 1.12 bits per heavy atom. The van der Waals surface area contributed by atoms with Crippen molar-refractivity contribution in [1.29, 1.82) is 0 Å². The van der Waals surface area contributed by atoms with Crippen LogP contribution in [0.4, 0.5) is 29.3 Å². The zero-order chi connectivity index (χ0) is 18.2. The zero-order valence-corrected chi connectivity index (χ0v) is 14.0. The van der Waals surface area contributed by atoms with Crippen molar-refractivity contribution in [3.63, 3.8) is 0 Å². The zero-order valence-electron chi connectivity index (χ0n) is 14.0. The van der Waals surface area contributed by atoms with Gasteiger partial charge in [0.15, 0.2) is 0 Å². The van der Waals surface area contributed by atoms with Crippen molar-refractivity contribution in [2.75, 3.05) is 16.3 Å². The molecule has 0 saturated carbocycles. The highest BCUT2D eigenvalue weighted by atomic mass is 19.4. The van der Waals surface area contributed by atoms with E-state index in [2.05, 4.69) is 0 Å². The Morgan fingerprint density at radius 2 is 1.84 bits per heavy atom. The summed E-state index contributed by atoms with van der Waals surface area (Å²) in [5.74, 6) is 0. The minimum atomic E-state index is -4.43. The first kappa shape index (κ1) is 17.3. The highest BCUT2D eigenvalue weighted by Crippen LogP contribution is 2.35. The molecule has 132 valence electrons. The summed E-state index contributed by atoms with van der Waals surface area (Å²) in [6, 6.07) is 12.1. The second-order valence-corrected chi connectivity index (χ2v) is 6.16. The summed E-state index contributed by atoms with van der Waals surface area (Å²) in [7, 11) is 0. The van der Waals surface area contributed by atoms with Crippen LogP contribution in [0.25, 0.3) is 0 Å². The molecule has 1 saturated heterocycles. The summed E-state index contributed by atoms with van der Waals surface area (Å²) in [5.41, 5.74) is 1.28. The fourth-order valence-corrected chi connectivity index (χ4v) is 3.17. The number of rotatable bonds is 3. The number of nitrogens with zero attached hydrogens (tertiary/aromatic N) is 2. The maximum absolute atomic E-state index is 13.0. The molecule has 25 heavy (non-hydrogen) atoms. The summed E-state index contributed by atoms with van der Waals surface area (Å²) in [4.78, 5) is 16.1. The number of carbonyl (C=O) groups excluding carboxylic acids is 1. The number of urea groups is 1. The first-order chi connectivity index (χ1) is 11.8. The largest absolute Gasteiger partial charge is 0.416 e. The second-order valence-electron chi connectivity index (χ2n) is 6.16. The lowest BCUT2D eigenvalue weighted by molar-refractivity contribution is -0.137. The van der Waals surface area contributed by atoms with Gasteiger partial charge in [0.1, 0.15) is 0 Å². The van der Waals surface area contributed by atoms with E-state index in [0.717, 1.165) is 29.8 Å². The van der Waals surface area contributed by atoms with Gasteiger partial charge in [-0.3, -0.25) is 9.80 Å². The number of hydrogen-bond acceptors (Lipinski definition) is 1. The number of anilines is 2. The molecule has 2 aromatic rings. The molecule has 1 unspecified atom stereocenters. The first-order valence-corrected chi connectivity index (χ1v) is 8.16. The van der Waals surface area contributed by atoms with E-state index in [1.165, 1.54) is 11.0 Å². The van der Waals surface area contributed by atoms with E-state index >= 15 is 0 Å². The van der Waals surface area contributed by atoms with Gasteiger partial charge in [0.2, 0.25) is 0 Å². The van der Waals surface area contributed by atoms with Crippen LogP contribution in [0, 0.1) is 6.92 Å². The molecular formula is C19H19F3N2O. The molecule has 2 aromatic carbocycles. The standard InChI is InChI=1S/C19H19F3N2O/c1-3-15-12-23(16-9-6-8-14(11-16)19(20,21)22)18(25)24(15)17-10-5-4-7-13(17)2/h4-11,15H,3,12H2,1-2H3. The number of para-hydroxylation sites is 1. The van der Waals surface area contributed by atoms with Crippen LogP contribution in [0.1, 0.15) is 24.5 Å². The lowest BCUT2D eigenvalue weighted by Gasteiger charge is -2.24. The molecule has 2 amide bonds. The number of halogens is 3. The fourth-order valence-electron chi connectivity index (χ4n) is 3.17. The molecule has 0 bridgehead atoms. The minimum absolute atomic E-state index is 0.0804. The highest BCUT2D eigenvalue weighted by molar-refractivity contribution is 6.07. The predicted octanol–water partition coefficient (Wildman–Crippen LogP) is 5.24. The third kappa shape index (κ3) is 3.21. The van der Waals surface area contributed by atoms with Gasteiger partial charge >= 0.3 is 12.2 Å². The van der Waals surface area contributed by atoms with Crippen molar-refractivity contribution in [2.24, 2.45) is 0 Å². The Morgan fingerprint density at radius 3 is 2.48 bits per heavy atom. The summed E-state index contributed by atoms with van der Waals surface area (Å²) < 4.78 is 38.9. The molecule has 1 fully saturated rings. The van der Waals surface area contributed by atoms with Crippen molar-refractivity contribution < 1.29 is 18.0 Å². The van der Waals surface area contributed by atoms with E-state index in [-0.39, 0.29) is 17.8 Å². The van der Waals surface area contributed by atoms with Gasteiger partial charge in [-0.15, -0.1) is 0 Å². The third-order valence-electron chi connectivity index (χ3n) is 4.53. The molecule has 3 rings (SSSR count). The maximum atomic E-state index is 13.0. The SMILES string of the molecule is CCC1CN(c2cccc(C(F)(F)F)c2)C(=O)N1c1ccccc1C. The van der Waals surface area contributed by atoms with Crippen LogP contribution in [0.5, 0.6) is 0 Å². The number of hydrogen-bond donors (Lipinski definition) is 0. The van der Waals surface area contributed by atoms with Gasteiger partial charge < -0.3 is 0 Å². The van der Waals surface area contributed by atoms with Gasteiger partial charge in [-0.05, 0) is 43.2 Å². The molecular weight excluding hydrogens is 329 g/mol. The second kappa shape index (κ2) is 6.43. The van der Waals surface area contributed by atoms with E-state index < -0.39 is 11.7 Å². The maximum Gasteiger partial charge on any atom is 0.416 e. The lowest BCUT2D eigenvalue weighted by Crippen LogP contribution is -2.35. The Balaban J connectivity index is 1.98. The molecule has 0 aromatic heterocycles. The van der Waals surface area contributed by atoms with Crippen LogP contribution in [0.15, 0.2) is 48.5 Å². The van der Waals surface area contributed by atoms with E-state index in [1.807, 2.05) is 38.1 Å². The predicted molar refractivity (Wildman–Crippen MR) is 91.9 cm³/mol. The molecule has 0 N–H and O–H groups in total. The average molecular weight is 348 g/mol. The number of amides is 2. The van der Waals surface area contributed by atoms with Crippen LogP contribution in [-0.4, -0.2) is 18.6 Å². The van der Waals surface area contributed by atoms with E-state index in [0.29, 0.717) is 6.54 Å². The molecule has 6 heteroatoms. The number of carbonyl (C=O) groups is 1. The van der Waals surface area contributed by atoms with Crippen molar-refractivity contribution >= 4 is 17.4 Å². The molecule has 0 aliphatic carbocycles. The fraction of sp³-hybridized carbons (Fsp3) is 0.316. The molecule has 1 atom stereocenters. The topological polar surface area (TPSA) is 23.6 Å². The molecule has 1 aliphatic heterocycles. The van der Waals surface area contributed by atoms with Gasteiger partial charge in [-0.2, -0.15) is 13.2 Å². The monoisotopic (exact) mass is 348 g/mol. The van der Waals surface area contributed by atoms with Crippen molar-refractivity contribution in [2.45, 2.75) is 32.5 Å². The molecule has 0 radical (unpaired) electrons.